The van der Waals surface area contributed by atoms with Gasteiger partial charge in [0.25, 0.3) is 0 Å². The van der Waals surface area contributed by atoms with Crippen molar-refractivity contribution in [3.63, 3.8) is 0 Å². The lowest BCUT2D eigenvalue weighted by molar-refractivity contribution is -0.147. The van der Waals surface area contributed by atoms with Gasteiger partial charge in [0, 0.05) is 0 Å². The molecule has 0 bridgehead atoms. The second-order valence-corrected chi connectivity index (χ2v) is 5.49. The van der Waals surface area contributed by atoms with Crippen LogP contribution in [0.1, 0.15) is 25.8 Å². The smallest absolute Gasteiger partial charge is 0.308 e. The molecule has 6 heteroatoms. The molecule has 1 rings (SSSR count). The van der Waals surface area contributed by atoms with Crippen LogP contribution in [-0.2, 0) is 20.9 Å². The molecular formula is C15H22N2O4. The minimum Gasteiger partial charge on any atom is -0.461 e. The molecule has 0 unspecified atom stereocenters. The number of ether oxygens (including phenoxy) is 1. The first kappa shape index (κ1) is 17.1. The quantitative estimate of drug-likeness (QED) is 0.629. The summed E-state index contributed by atoms with van der Waals surface area (Å²) in [5.41, 5.74) is 5.75. The summed E-state index contributed by atoms with van der Waals surface area (Å²) in [4.78, 5) is 23.4. The van der Waals surface area contributed by atoms with Crippen LogP contribution in [-0.4, -0.2) is 35.2 Å². The van der Waals surface area contributed by atoms with Gasteiger partial charge in [-0.25, -0.2) is 0 Å². The van der Waals surface area contributed by atoms with Crippen molar-refractivity contribution in [2.75, 3.05) is 6.61 Å². The number of rotatable bonds is 7. The summed E-state index contributed by atoms with van der Waals surface area (Å²) >= 11 is 0. The molecule has 1 amide bonds. The average Bonchev–Trinajstić information content (AvgIpc) is 2.45. The van der Waals surface area contributed by atoms with Crippen LogP contribution in [0.15, 0.2) is 30.3 Å². The number of nitrogens with two attached hydrogens (primary N) is 1. The predicted molar refractivity (Wildman–Crippen MR) is 78.1 cm³/mol. The highest BCUT2D eigenvalue weighted by atomic mass is 16.5. The first-order chi connectivity index (χ1) is 9.84. The van der Waals surface area contributed by atoms with E-state index in [1.54, 1.807) is 13.8 Å². The fraction of sp³-hybridized carbons (Fsp3) is 0.467. The zero-order chi connectivity index (χ0) is 15.9. The highest BCUT2D eigenvalue weighted by Gasteiger charge is 2.25. The van der Waals surface area contributed by atoms with Crippen LogP contribution in [0, 0.1) is 0 Å². The number of aliphatic hydroxyl groups excluding tert-OH is 1. The summed E-state index contributed by atoms with van der Waals surface area (Å²) in [5.74, 6) is -1.03. The monoisotopic (exact) mass is 294 g/mol. The summed E-state index contributed by atoms with van der Waals surface area (Å²) in [6, 6.07) is 8.24. The molecule has 0 aliphatic carbocycles. The van der Waals surface area contributed by atoms with Gasteiger partial charge in [-0.15, -0.1) is 0 Å². The van der Waals surface area contributed by atoms with E-state index in [1.165, 1.54) is 0 Å². The summed E-state index contributed by atoms with van der Waals surface area (Å²) in [6.07, 6.45) is -0.208. The Morgan fingerprint density at radius 3 is 2.52 bits per heavy atom. The summed E-state index contributed by atoms with van der Waals surface area (Å²) in [7, 11) is 0. The van der Waals surface area contributed by atoms with Crippen molar-refractivity contribution < 1.29 is 19.4 Å². The Labute approximate surface area is 124 Å². The molecule has 1 aromatic carbocycles. The minimum absolute atomic E-state index is 0.149. The normalized spacial score (nSPS) is 12.6. The van der Waals surface area contributed by atoms with Gasteiger partial charge in [-0.3, -0.25) is 9.59 Å². The molecular weight excluding hydrogens is 272 g/mol. The molecule has 0 saturated heterocycles. The Kier molecular flexibility index (Phi) is 6.33. The van der Waals surface area contributed by atoms with Gasteiger partial charge in [-0.2, -0.15) is 0 Å². The van der Waals surface area contributed by atoms with Crippen LogP contribution >= 0.6 is 0 Å². The lowest BCUT2D eigenvalue weighted by atomic mass is 10.1. The number of carbonyl (C=O) groups is 2. The van der Waals surface area contributed by atoms with Crippen LogP contribution < -0.4 is 11.1 Å². The maximum Gasteiger partial charge on any atom is 0.308 e. The van der Waals surface area contributed by atoms with Gasteiger partial charge in [0.2, 0.25) is 5.91 Å². The first-order valence-corrected chi connectivity index (χ1v) is 6.72. The minimum atomic E-state index is -1.00. The van der Waals surface area contributed by atoms with Gasteiger partial charge in [0.15, 0.2) is 0 Å². The van der Waals surface area contributed by atoms with Crippen LogP contribution in [0.5, 0.6) is 0 Å². The van der Waals surface area contributed by atoms with Crippen molar-refractivity contribution >= 4 is 11.9 Å². The summed E-state index contributed by atoms with van der Waals surface area (Å²) in [6.45, 7) is 3.25. The van der Waals surface area contributed by atoms with Crippen molar-refractivity contribution in [3.05, 3.63) is 35.9 Å². The SMILES string of the molecule is CC(C)(CO)NC(=O)[C@@H](N)CC(=O)OCc1ccccc1. The number of carbonyl (C=O) groups excluding carboxylic acids is 2. The van der Waals surface area contributed by atoms with Crippen molar-refractivity contribution in [1.29, 1.82) is 0 Å². The summed E-state index contributed by atoms with van der Waals surface area (Å²) < 4.78 is 5.06. The van der Waals surface area contributed by atoms with E-state index in [0.717, 1.165) is 5.56 Å². The second kappa shape index (κ2) is 7.75. The molecule has 0 aliphatic rings. The van der Waals surface area contributed by atoms with Crippen molar-refractivity contribution in [1.82, 2.24) is 5.32 Å². The molecule has 0 fully saturated rings. The Hall–Kier alpha value is -1.92. The van der Waals surface area contributed by atoms with Gasteiger partial charge in [0.1, 0.15) is 6.61 Å². The highest BCUT2D eigenvalue weighted by molar-refractivity contribution is 5.86. The van der Waals surface area contributed by atoms with Gasteiger partial charge in [-0.05, 0) is 19.4 Å². The Balaban J connectivity index is 2.38. The Morgan fingerprint density at radius 1 is 1.33 bits per heavy atom. The number of nitrogens with one attached hydrogen (secondary N) is 1. The van der Waals surface area contributed by atoms with E-state index in [0.29, 0.717) is 0 Å². The molecule has 0 aromatic heterocycles. The van der Waals surface area contributed by atoms with Crippen LogP contribution in [0.25, 0.3) is 0 Å². The van der Waals surface area contributed by atoms with Gasteiger partial charge >= 0.3 is 5.97 Å². The van der Waals surface area contributed by atoms with E-state index in [1.807, 2.05) is 30.3 Å². The van der Waals surface area contributed by atoms with Gasteiger partial charge in [-0.1, -0.05) is 30.3 Å². The van der Waals surface area contributed by atoms with Crippen LogP contribution in [0.2, 0.25) is 0 Å². The molecule has 0 radical (unpaired) electrons. The number of hydrogen-bond donors (Lipinski definition) is 3. The third-order valence-electron chi connectivity index (χ3n) is 2.82. The van der Waals surface area contributed by atoms with E-state index < -0.39 is 23.5 Å². The number of hydrogen-bond acceptors (Lipinski definition) is 5. The van der Waals surface area contributed by atoms with Crippen LogP contribution in [0.3, 0.4) is 0 Å². The lowest BCUT2D eigenvalue weighted by Crippen LogP contribution is -2.52. The third kappa shape index (κ3) is 6.37. The maximum absolute atomic E-state index is 11.8. The molecule has 1 aromatic rings. The molecule has 0 saturated carbocycles. The van der Waals surface area contributed by atoms with E-state index in [9.17, 15) is 9.59 Å². The Bertz CT molecular complexity index is 474. The zero-order valence-corrected chi connectivity index (χ0v) is 12.3. The van der Waals surface area contributed by atoms with E-state index in [-0.39, 0.29) is 19.6 Å². The van der Waals surface area contributed by atoms with E-state index in [4.69, 9.17) is 15.6 Å². The molecule has 6 nitrogen and oxygen atoms in total. The number of benzene rings is 1. The summed E-state index contributed by atoms with van der Waals surface area (Å²) in [5, 5.41) is 11.6. The standard InChI is InChI=1S/C15H22N2O4/c1-15(2,10-18)17-14(20)12(16)8-13(19)21-9-11-6-4-3-5-7-11/h3-7,12,18H,8-10,16H2,1-2H3,(H,17,20)/t12-/m0/s1. The maximum atomic E-state index is 11.8. The molecule has 4 N–H and O–H groups in total. The highest BCUT2D eigenvalue weighted by Crippen LogP contribution is 2.04. The number of amides is 1. The van der Waals surface area contributed by atoms with Crippen LogP contribution in [0.4, 0.5) is 0 Å². The number of esters is 1. The molecule has 0 heterocycles. The molecule has 116 valence electrons. The van der Waals surface area contributed by atoms with E-state index >= 15 is 0 Å². The van der Waals surface area contributed by atoms with E-state index in [2.05, 4.69) is 5.32 Å². The van der Waals surface area contributed by atoms with Crippen molar-refractivity contribution in [2.45, 2.75) is 38.5 Å². The molecule has 0 aliphatic heterocycles. The molecule has 21 heavy (non-hydrogen) atoms. The number of aliphatic hydroxyl groups is 1. The average molecular weight is 294 g/mol. The van der Waals surface area contributed by atoms with Gasteiger partial charge in [0.05, 0.1) is 24.6 Å². The third-order valence-corrected chi connectivity index (χ3v) is 2.82. The molecule has 0 spiro atoms. The lowest BCUT2D eigenvalue weighted by Gasteiger charge is -2.25. The van der Waals surface area contributed by atoms with Crippen molar-refractivity contribution in [3.8, 4) is 0 Å². The fourth-order valence-electron chi connectivity index (χ4n) is 1.53. The van der Waals surface area contributed by atoms with Crippen molar-refractivity contribution in [2.24, 2.45) is 5.73 Å². The zero-order valence-electron chi connectivity index (χ0n) is 12.3. The first-order valence-electron chi connectivity index (χ1n) is 6.72. The Morgan fingerprint density at radius 2 is 1.95 bits per heavy atom. The van der Waals surface area contributed by atoms with Gasteiger partial charge < -0.3 is 20.9 Å². The predicted octanol–water partition coefficient (Wildman–Crippen LogP) is 0.334. The molecule has 1 atom stereocenters. The topological polar surface area (TPSA) is 102 Å². The second-order valence-electron chi connectivity index (χ2n) is 5.49. The fourth-order valence-corrected chi connectivity index (χ4v) is 1.53. The largest absolute Gasteiger partial charge is 0.461 e.